The molecule has 0 bridgehead atoms. The van der Waals surface area contributed by atoms with E-state index in [9.17, 15) is 0 Å². The van der Waals surface area contributed by atoms with Gasteiger partial charge in [-0.05, 0) is 13.8 Å². The Labute approximate surface area is 73.5 Å². The Morgan fingerprint density at radius 2 is 1.50 bits per heavy atom. The third kappa shape index (κ3) is 10.1. The molecular formula is C4H12BNaO2. The van der Waals surface area contributed by atoms with Crippen LogP contribution in [0.15, 0.2) is 0 Å². The molecular weight excluding hydrogens is 114 g/mol. The first-order valence-corrected chi connectivity index (χ1v) is 2.57. The maximum absolute atomic E-state index is 4.85. The van der Waals surface area contributed by atoms with Gasteiger partial charge in [0.2, 0.25) is 0 Å². The van der Waals surface area contributed by atoms with Crippen molar-refractivity contribution in [3.05, 3.63) is 0 Å². The summed E-state index contributed by atoms with van der Waals surface area (Å²) in [4.78, 5) is 0. The van der Waals surface area contributed by atoms with E-state index >= 15 is 0 Å². The van der Waals surface area contributed by atoms with Crippen LogP contribution in [-0.2, 0) is 9.31 Å². The second-order valence-electron chi connectivity index (χ2n) is 1.10. The Hall–Kier alpha value is 0.985. The second kappa shape index (κ2) is 10.9. The number of hydrogen-bond acceptors (Lipinski definition) is 2. The van der Waals surface area contributed by atoms with Gasteiger partial charge >= 0.3 is 37.2 Å². The van der Waals surface area contributed by atoms with E-state index in [0.29, 0.717) is 7.69 Å². The van der Waals surface area contributed by atoms with Crippen LogP contribution in [0, 0.1) is 0 Å². The molecule has 0 rings (SSSR count). The monoisotopic (exact) mass is 126 g/mol. The van der Waals surface area contributed by atoms with Crippen molar-refractivity contribution in [1.82, 2.24) is 0 Å². The summed E-state index contributed by atoms with van der Waals surface area (Å²) < 4.78 is 9.70. The van der Waals surface area contributed by atoms with Crippen molar-refractivity contribution in [2.24, 2.45) is 0 Å². The van der Waals surface area contributed by atoms with Crippen LogP contribution in [0.1, 0.15) is 13.8 Å². The molecule has 0 aromatic rings. The summed E-state index contributed by atoms with van der Waals surface area (Å²) in [7, 11) is 0.438. The van der Waals surface area contributed by atoms with Gasteiger partial charge in [0.25, 0.3) is 0 Å². The molecule has 0 aromatic heterocycles. The summed E-state index contributed by atoms with van der Waals surface area (Å²) in [6, 6.07) is 0. The van der Waals surface area contributed by atoms with Crippen LogP contribution in [-0.4, -0.2) is 50.5 Å². The summed E-state index contributed by atoms with van der Waals surface area (Å²) >= 11 is 0. The first-order valence-electron chi connectivity index (χ1n) is 2.57. The first-order chi connectivity index (χ1) is 3.41. The van der Waals surface area contributed by atoms with Crippen LogP contribution in [0.3, 0.4) is 0 Å². The Morgan fingerprint density at radius 1 is 1.12 bits per heavy atom. The van der Waals surface area contributed by atoms with Gasteiger partial charge < -0.3 is 9.31 Å². The van der Waals surface area contributed by atoms with E-state index in [1.165, 1.54) is 0 Å². The fourth-order valence-electron chi connectivity index (χ4n) is 0.226. The zero-order chi connectivity index (χ0) is 5.54. The van der Waals surface area contributed by atoms with Crippen molar-refractivity contribution in [1.29, 1.82) is 0 Å². The van der Waals surface area contributed by atoms with Gasteiger partial charge in [0.05, 0.1) is 0 Å². The predicted octanol–water partition coefficient (Wildman–Crippen LogP) is -0.323. The van der Waals surface area contributed by atoms with Crippen LogP contribution in [0.25, 0.3) is 0 Å². The molecule has 44 valence electrons. The number of hydrogen-bond donors (Lipinski definition) is 0. The molecule has 0 heterocycles. The molecule has 0 aliphatic heterocycles. The van der Waals surface area contributed by atoms with Gasteiger partial charge in [0.1, 0.15) is 0 Å². The second-order valence-corrected chi connectivity index (χ2v) is 1.10. The molecule has 2 nitrogen and oxygen atoms in total. The van der Waals surface area contributed by atoms with E-state index in [-0.39, 0.29) is 29.6 Å². The quantitative estimate of drug-likeness (QED) is 0.379. The average molecular weight is 126 g/mol. The molecule has 0 spiro atoms. The van der Waals surface area contributed by atoms with Gasteiger partial charge in [-0.2, -0.15) is 0 Å². The van der Waals surface area contributed by atoms with Crippen molar-refractivity contribution in [2.45, 2.75) is 13.8 Å². The van der Waals surface area contributed by atoms with Gasteiger partial charge in [-0.15, -0.1) is 0 Å². The average Bonchev–Trinajstić information content (AvgIpc) is 1.69. The van der Waals surface area contributed by atoms with E-state index in [4.69, 9.17) is 9.31 Å². The van der Waals surface area contributed by atoms with Gasteiger partial charge in [-0.3, -0.25) is 0 Å². The fraction of sp³-hybridized carbons (Fsp3) is 1.00. The summed E-state index contributed by atoms with van der Waals surface area (Å²) in [5, 5.41) is 0. The fourth-order valence-corrected chi connectivity index (χ4v) is 0.226. The summed E-state index contributed by atoms with van der Waals surface area (Å²) in [5.41, 5.74) is 0. The zero-order valence-electron chi connectivity index (χ0n) is 4.94. The Morgan fingerprint density at radius 3 is 1.75 bits per heavy atom. The third-order valence-electron chi connectivity index (χ3n) is 0.575. The number of rotatable bonds is 4. The Kier molecular flexibility index (Phi) is 16.0. The molecule has 0 fully saturated rings. The maximum atomic E-state index is 4.85. The van der Waals surface area contributed by atoms with Gasteiger partial charge in [0, 0.05) is 13.2 Å². The minimum absolute atomic E-state index is 0. The van der Waals surface area contributed by atoms with E-state index in [2.05, 4.69) is 0 Å². The molecule has 0 N–H and O–H groups in total. The molecule has 0 saturated carbocycles. The summed E-state index contributed by atoms with van der Waals surface area (Å²) in [6.45, 7) is 5.36. The molecule has 0 atom stereocenters. The van der Waals surface area contributed by atoms with Crippen molar-refractivity contribution in [2.75, 3.05) is 13.2 Å². The van der Waals surface area contributed by atoms with Gasteiger partial charge in [0.15, 0.2) is 0 Å². The normalized spacial score (nSPS) is 7.75. The van der Waals surface area contributed by atoms with Crippen LogP contribution in [0.5, 0.6) is 0 Å². The molecule has 0 aliphatic rings. The molecule has 4 heteroatoms. The predicted molar refractivity (Wildman–Crippen MR) is 37.5 cm³/mol. The third-order valence-corrected chi connectivity index (χ3v) is 0.575. The van der Waals surface area contributed by atoms with Crippen molar-refractivity contribution in [3.8, 4) is 0 Å². The molecule has 8 heavy (non-hydrogen) atoms. The standard InChI is InChI=1S/C4H11BO2.Na.H/c1-3-6-5-7-4-2;;/h5H,3-4H2,1-2H3;;. The SMILES string of the molecule is CCOBOCC.[NaH]. The first kappa shape index (κ1) is 11.7. The van der Waals surface area contributed by atoms with Crippen molar-refractivity contribution in [3.63, 3.8) is 0 Å². The van der Waals surface area contributed by atoms with Crippen LogP contribution >= 0.6 is 0 Å². The van der Waals surface area contributed by atoms with Crippen molar-refractivity contribution < 1.29 is 9.31 Å². The topological polar surface area (TPSA) is 18.5 Å². The molecule has 0 radical (unpaired) electrons. The Bertz CT molecular complexity index is 33.2. The molecule has 0 aromatic carbocycles. The van der Waals surface area contributed by atoms with Gasteiger partial charge in [-0.1, -0.05) is 0 Å². The van der Waals surface area contributed by atoms with E-state index in [1.807, 2.05) is 13.8 Å². The van der Waals surface area contributed by atoms with E-state index < -0.39 is 0 Å². The summed E-state index contributed by atoms with van der Waals surface area (Å²) in [5.74, 6) is 0. The summed E-state index contributed by atoms with van der Waals surface area (Å²) in [6.07, 6.45) is 0. The minimum atomic E-state index is 0. The molecule has 0 amide bonds. The van der Waals surface area contributed by atoms with Crippen LogP contribution in [0.2, 0.25) is 0 Å². The van der Waals surface area contributed by atoms with Crippen LogP contribution in [0.4, 0.5) is 0 Å². The molecule has 0 unspecified atom stereocenters. The van der Waals surface area contributed by atoms with Crippen molar-refractivity contribution >= 4 is 37.2 Å². The Balaban J connectivity index is 0. The zero-order valence-corrected chi connectivity index (χ0v) is 4.94. The van der Waals surface area contributed by atoms with Gasteiger partial charge in [-0.25, -0.2) is 0 Å². The van der Waals surface area contributed by atoms with E-state index in [1.54, 1.807) is 0 Å². The van der Waals surface area contributed by atoms with Crippen LogP contribution < -0.4 is 0 Å². The molecule has 0 saturated heterocycles. The molecule has 0 aliphatic carbocycles. The van der Waals surface area contributed by atoms with E-state index in [0.717, 1.165) is 13.2 Å².